The highest BCUT2D eigenvalue weighted by molar-refractivity contribution is 5.37. The van der Waals surface area contributed by atoms with Gasteiger partial charge in [-0.25, -0.2) is 9.97 Å². The van der Waals surface area contributed by atoms with Gasteiger partial charge < -0.3 is 10.2 Å². The van der Waals surface area contributed by atoms with Crippen LogP contribution in [0.15, 0.2) is 12.3 Å². The van der Waals surface area contributed by atoms with Crippen molar-refractivity contribution in [2.24, 2.45) is 5.92 Å². The summed E-state index contributed by atoms with van der Waals surface area (Å²) in [5.74, 6) is 2.83. The molecule has 0 amide bonds. The maximum atomic E-state index is 4.49. The van der Waals surface area contributed by atoms with Crippen LogP contribution in [0.4, 0.5) is 5.82 Å². The van der Waals surface area contributed by atoms with Crippen molar-refractivity contribution in [3.63, 3.8) is 0 Å². The first kappa shape index (κ1) is 12.3. The highest BCUT2D eigenvalue weighted by Gasteiger charge is 2.19. The van der Waals surface area contributed by atoms with E-state index in [1.807, 2.05) is 26.2 Å². The van der Waals surface area contributed by atoms with Crippen LogP contribution < -0.4 is 10.2 Å². The number of nitrogens with zero attached hydrogens (tertiary/aromatic N) is 3. The molecule has 1 aromatic heterocycles. The Morgan fingerprint density at radius 2 is 2.18 bits per heavy atom. The molecule has 0 aliphatic carbocycles. The Bertz CT molecular complexity index is 345. The number of piperidine rings is 1. The molecule has 1 aliphatic heterocycles. The Morgan fingerprint density at radius 3 is 2.82 bits per heavy atom. The third-order valence-electron chi connectivity index (χ3n) is 3.50. The van der Waals surface area contributed by atoms with Crippen LogP contribution in [0.2, 0.25) is 0 Å². The van der Waals surface area contributed by atoms with Crippen LogP contribution in [0.3, 0.4) is 0 Å². The van der Waals surface area contributed by atoms with Gasteiger partial charge in [0.2, 0.25) is 0 Å². The van der Waals surface area contributed by atoms with Crippen LogP contribution in [0, 0.1) is 12.8 Å². The molecule has 0 radical (unpaired) electrons. The number of aryl methyl sites for hydroxylation is 1. The van der Waals surface area contributed by atoms with Crippen molar-refractivity contribution in [2.75, 3.05) is 31.6 Å². The van der Waals surface area contributed by atoms with Crippen molar-refractivity contribution in [1.29, 1.82) is 0 Å². The smallest absolute Gasteiger partial charge is 0.132 e. The van der Waals surface area contributed by atoms with E-state index in [4.69, 9.17) is 0 Å². The number of hydrogen-bond donors (Lipinski definition) is 1. The fourth-order valence-electron chi connectivity index (χ4n) is 2.42. The topological polar surface area (TPSA) is 41.0 Å². The van der Waals surface area contributed by atoms with Crippen LogP contribution in [-0.2, 0) is 0 Å². The van der Waals surface area contributed by atoms with Gasteiger partial charge in [-0.3, -0.25) is 0 Å². The second-order valence-electron chi connectivity index (χ2n) is 4.78. The predicted molar refractivity (Wildman–Crippen MR) is 70.2 cm³/mol. The van der Waals surface area contributed by atoms with Gasteiger partial charge in [0, 0.05) is 19.3 Å². The summed E-state index contributed by atoms with van der Waals surface area (Å²) in [6, 6.07) is 2.01. The van der Waals surface area contributed by atoms with Crippen molar-refractivity contribution >= 4 is 5.82 Å². The first-order chi connectivity index (χ1) is 8.29. The lowest BCUT2D eigenvalue weighted by Crippen LogP contribution is -2.35. The molecule has 0 aromatic carbocycles. The molecule has 94 valence electrons. The number of aromatic nitrogens is 2. The monoisotopic (exact) mass is 234 g/mol. The molecule has 0 bridgehead atoms. The summed E-state index contributed by atoms with van der Waals surface area (Å²) in [6.45, 7) is 5.34. The standard InChI is InChI=1S/C13H22N4/c1-11-15-8-4-13(16-11)17-9-5-12(6-10-17)3-7-14-2/h4,8,12,14H,3,5-7,9-10H2,1-2H3. The molecule has 4 nitrogen and oxygen atoms in total. The Balaban J connectivity index is 1.86. The van der Waals surface area contributed by atoms with Crippen LogP contribution in [0.5, 0.6) is 0 Å². The maximum Gasteiger partial charge on any atom is 0.132 e. The molecule has 2 rings (SSSR count). The van der Waals surface area contributed by atoms with E-state index in [1.165, 1.54) is 19.3 Å². The van der Waals surface area contributed by atoms with Crippen LogP contribution >= 0.6 is 0 Å². The minimum Gasteiger partial charge on any atom is -0.356 e. The first-order valence-corrected chi connectivity index (χ1v) is 6.49. The lowest BCUT2D eigenvalue weighted by Gasteiger charge is -2.32. The van der Waals surface area contributed by atoms with Crippen LogP contribution in [0.25, 0.3) is 0 Å². The quantitative estimate of drug-likeness (QED) is 0.859. The number of hydrogen-bond acceptors (Lipinski definition) is 4. The molecule has 0 unspecified atom stereocenters. The van der Waals surface area contributed by atoms with Crippen LogP contribution in [-0.4, -0.2) is 36.6 Å². The molecule has 4 heteroatoms. The zero-order valence-corrected chi connectivity index (χ0v) is 10.8. The summed E-state index contributed by atoms with van der Waals surface area (Å²) >= 11 is 0. The average molecular weight is 234 g/mol. The first-order valence-electron chi connectivity index (χ1n) is 6.49. The molecular formula is C13H22N4. The molecule has 17 heavy (non-hydrogen) atoms. The normalized spacial score (nSPS) is 17.4. The third kappa shape index (κ3) is 3.40. The van der Waals surface area contributed by atoms with E-state index in [2.05, 4.69) is 20.2 Å². The lowest BCUT2D eigenvalue weighted by atomic mass is 9.93. The van der Waals surface area contributed by atoms with E-state index in [0.29, 0.717) is 0 Å². The zero-order valence-electron chi connectivity index (χ0n) is 10.8. The lowest BCUT2D eigenvalue weighted by molar-refractivity contribution is 0.377. The van der Waals surface area contributed by atoms with E-state index >= 15 is 0 Å². The largest absolute Gasteiger partial charge is 0.356 e. The second-order valence-corrected chi connectivity index (χ2v) is 4.78. The van der Waals surface area contributed by atoms with Gasteiger partial charge >= 0.3 is 0 Å². The number of rotatable bonds is 4. The summed E-state index contributed by atoms with van der Waals surface area (Å²) in [6.07, 6.45) is 5.72. The number of nitrogens with one attached hydrogen (secondary N) is 1. The summed E-state index contributed by atoms with van der Waals surface area (Å²) in [7, 11) is 2.03. The molecule has 1 aliphatic rings. The van der Waals surface area contributed by atoms with E-state index in [-0.39, 0.29) is 0 Å². The van der Waals surface area contributed by atoms with Crippen molar-refractivity contribution in [2.45, 2.75) is 26.2 Å². The minimum absolute atomic E-state index is 0.861. The molecule has 0 spiro atoms. The fourth-order valence-corrected chi connectivity index (χ4v) is 2.42. The van der Waals surface area contributed by atoms with Crippen molar-refractivity contribution in [3.05, 3.63) is 18.1 Å². The number of anilines is 1. The summed E-state index contributed by atoms with van der Waals surface area (Å²) < 4.78 is 0. The van der Waals surface area contributed by atoms with Gasteiger partial charge in [-0.2, -0.15) is 0 Å². The van der Waals surface area contributed by atoms with Gasteiger partial charge in [0.05, 0.1) is 0 Å². The minimum atomic E-state index is 0.861. The Hall–Kier alpha value is -1.16. The molecule has 1 fully saturated rings. The van der Waals surface area contributed by atoms with Gasteiger partial charge in [0.15, 0.2) is 0 Å². The second kappa shape index (κ2) is 5.96. The van der Waals surface area contributed by atoms with Crippen LogP contribution in [0.1, 0.15) is 25.1 Å². The Labute approximate surface area is 103 Å². The summed E-state index contributed by atoms with van der Waals surface area (Å²) in [4.78, 5) is 11.0. The summed E-state index contributed by atoms with van der Waals surface area (Å²) in [5, 5.41) is 3.23. The van der Waals surface area contributed by atoms with E-state index in [9.17, 15) is 0 Å². The van der Waals surface area contributed by atoms with Gasteiger partial charge in [-0.05, 0) is 51.8 Å². The molecular weight excluding hydrogens is 212 g/mol. The van der Waals surface area contributed by atoms with E-state index in [1.54, 1.807) is 0 Å². The van der Waals surface area contributed by atoms with Gasteiger partial charge in [-0.1, -0.05) is 0 Å². The molecule has 0 atom stereocenters. The highest BCUT2D eigenvalue weighted by atomic mass is 15.2. The zero-order chi connectivity index (χ0) is 12.1. The van der Waals surface area contributed by atoms with E-state index in [0.717, 1.165) is 37.2 Å². The molecule has 1 N–H and O–H groups in total. The predicted octanol–water partition coefficient (Wildman–Crippen LogP) is 1.61. The van der Waals surface area contributed by atoms with Gasteiger partial charge in [-0.15, -0.1) is 0 Å². The van der Waals surface area contributed by atoms with Crippen molar-refractivity contribution < 1.29 is 0 Å². The Kier molecular flexibility index (Phi) is 4.31. The molecule has 2 heterocycles. The van der Waals surface area contributed by atoms with E-state index < -0.39 is 0 Å². The summed E-state index contributed by atoms with van der Waals surface area (Å²) in [5.41, 5.74) is 0. The molecule has 0 saturated carbocycles. The third-order valence-corrected chi connectivity index (χ3v) is 3.50. The molecule has 1 aromatic rings. The Morgan fingerprint density at radius 1 is 1.41 bits per heavy atom. The van der Waals surface area contributed by atoms with Crippen molar-refractivity contribution in [1.82, 2.24) is 15.3 Å². The van der Waals surface area contributed by atoms with Crippen molar-refractivity contribution in [3.8, 4) is 0 Å². The SMILES string of the molecule is CNCCC1CCN(c2ccnc(C)n2)CC1. The van der Waals surface area contributed by atoms with Gasteiger partial charge in [0.1, 0.15) is 11.6 Å². The average Bonchev–Trinajstić information content (AvgIpc) is 2.37. The molecule has 1 saturated heterocycles. The maximum absolute atomic E-state index is 4.49. The highest BCUT2D eigenvalue weighted by Crippen LogP contribution is 2.23. The fraction of sp³-hybridized carbons (Fsp3) is 0.692. The van der Waals surface area contributed by atoms with Gasteiger partial charge in [0.25, 0.3) is 0 Å².